The first kappa shape index (κ1) is 15.9. The molecule has 92 valence electrons. The van der Waals surface area contributed by atoms with Gasteiger partial charge in [-0.25, -0.2) is 0 Å². The summed E-state index contributed by atoms with van der Waals surface area (Å²) in [6.07, 6.45) is 0. The van der Waals surface area contributed by atoms with Crippen LogP contribution in [0.1, 0.15) is 26.3 Å². The number of benzene rings is 1. The van der Waals surface area contributed by atoms with Gasteiger partial charge < -0.3 is 10.4 Å². The van der Waals surface area contributed by atoms with Gasteiger partial charge in [0.2, 0.25) is 0 Å². The summed E-state index contributed by atoms with van der Waals surface area (Å²) < 4.78 is 1.03. The Morgan fingerprint density at radius 3 is 2.25 bits per heavy atom. The summed E-state index contributed by atoms with van der Waals surface area (Å²) in [7, 11) is 0. The van der Waals surface area contributed by atoms with Gasteiger partial charge >= 0.3 is 0 Å². The van der Waals surface area contributed by atoms with Gasteiger partial charge in [0.15, 0.2) is 0 Å². The molecular formula is C12H19BrClNO. The molecule has 0 radical (unpaired) electrons. The lowest BCUT2D eigenvalue weighted by atomic mass is 9.96. The molecule has 1 aromatic rings. The van der Waals surface area contributed by atoms with Gasteiger partial charge in [0.1, 0.15) is 0 Å². The minimum absolute atomic E-state index is 0. The van der Waals surface area contributed by atoms with E-state index in [1.54, 1.807) is 0 Å². The van der Waals surface area contributed by atoms with E-state index in [1.807, 2.05) is 31.2 Å². The molecule has 1 atom stereocenters. The minimum atomic E-state index is -0.815. The lowest BCUT2D eigenvalue weighted by Crippen LogP contribution is -2.38. The number of hydrogen-bond acceptors (Lipinski definition) is 2. The predicted molar refractivity (Wildman–Crippen MR) is 74.1 cm³/mol. The highest BCUT2D eigenvalue weighted by Crippen LogP contribution is 2.21. The smallest absolute Gasteiger partial charge is 0.0992 e. The fourth-order valence-corrected chi connectivity index (χ4v) is 1.58. The third-order valence-corrected chi connectivity index (χ3v) is 2.85. The van der Waals surface area contributed by atoms with E-state index in [4.69, 9.17) is 0 Å². The van der Waals surface area contributed by atoms with Crippen LogP contribution in [-0.4, -0.2) is 17.7 Å². The summed E-state index contributed by atoms with van der Waals surface area (Å²) in [5.74, 6) is 0. The first-order valence-corrected chi connectivity index (χ1v) is 5.93. The lowest BCUT2D eigenvalue weighted by molar-refractivity contribution is 0.0549. The molecule has 0 fully saturated rings. The molecule has 0 heterocycles. The van der Waals surface area contributed by atoms with Crippen LogP contribution in [0.5, 0.6) is 0 Å². The van der Waals surface area contributed by atoms with Gasteiger partial charge in [-0.05, 0) is 24.6 Å². The Hall–Kier alpha value is -0.0900. The second-order valence-electron chi connectivity index (χ2n) is 4.32. The summed E-state index contributed by atoms with van der Waals surface area (Å²) in [6.45, 7) is 6.52. The first-order chi connectivity index (χ1) is 6.92. The highest BCUT2D eigenvalue weighted by Gasteiger charge is 2.22. The quantitative estimate of drug-likeness (QED) is 0.896. The number of aliphatic hydroxyl groups is 1. The van der Waals surface area contributed by atoms with Gasteiger partial charge in [-0.2, -0.15) is 0 Å². The maximum atomic E-state index is 10.2. The van der Waals surface area contributed by atoms with E-state index in [-0.39, 0.29) is 12.4 Å². The van der Waals surface area contributed by atoms with Gasteiger partial charge in [-0.15, -0.1) is 12.4 Å². The van der Waals surface area contributed by atoms with Crippen LogP contribution >= 0.6 is 28.3 Å². The Morgan fingerprint density at radius 1 is 1.31 bits per heavy atom. The predicted octanol–water partition coefficient (Wildman–Crippen LogP) is 3.08. The normalized spacial score (nSPS) is 14.4. The monoisotopic (exact) mass is 307 g/mol. The van der Waals surface area contributed by atoms with Crippen molar-refractivity contribution in [3.05, 3.63) is 34.3 Å². The molecular weight excluding hydrogens is 289 g/mol. The molecule has 0 amide bonds. The largest absolute Gasteiger partial charge is 0.384 e. The number of nitrogens with one attached hydrogen (secondary N) is 1. The SMILES string of the molecule is CC(C)NCC(C)(O)c1ccc(Br)cc1.Cl. The standard InChI is InChI=1S/C12H18BrNO.ClH/c1-9(2)14-8-12(3,15)10-4-6-11(13)7-5-10;/h4-7,9,14-15H,8H2,1-3H3;1H. The lowest BCUT2D eigenvalue weighted by Gasteiger charge is -2.25. The van der Waals surface area contributed by atoms with Crippen molar-refractivity contribution in [3.8, 4) is 0 Å². The van der Waals surface area contributed by atoms with Crippen molar-refractivity contribution in [2.45, 2.75) is 32.4 Å². The third kappa shape index (κ3) is 4.83. The summed E-state index contributed by atoms with van der Waals surface area (Å²) in [5.41, 5.74) is 0.115. The number of halogens is 2. The fourth-order valence-electron chi connectivity index (χ4n) is 1.31. The third-order valence-electron chi connectivity index (χ3n) is 2.32. The van der Waals surface area contributed by atoms with E-state index in [1.165, 1.54) is 0 Å². The number of hydrogen-bond donors (Lipinski definition) is 2. The molecule has 0 spiro atoms. The van der Waals surface area contributed by atoms with Crippen molar-refractivity contribution in [1.82, 2.24) is 5.32 Å². The van der Waals surface area contributed by atoms with Crippen molar-refractivity contribution in [3.63, 3.8) is 0 Å². The first-order valence-electron chi connectivity index (χ1n) is 5.13. The maximum absolute atomic E-state index is 10.2. The van der Waals surface area contributed by atoms with Gasteiger partial charge in [0.25, 0.3) is 0 Å². The Morgan fingerprint density at radius 2 is 1.81 bits per heavy atom. The highest BCUT2D eigenvalue weighted by atomic mass is 79.9. The van der Waals surface area contributed by atoms with E-state index < -0.39 is 5.60 Å². The zero-order chi connectivity index (χ0) is 11.5. The zero-order valence-corrected chi connectivity index (χ0v) is 12.2. The highest BCUT2D eigenvalue weighted by molar-refractivity contribution is 9.10. The van der Waals surface area contributed by atoms with E-state index in [0.717, 1.165) is 10.0 Å². The Balaban J connectivity index is 0.00000225. The van der Waals surface area contributed by atoms with Crippen molar-refractivity contribution in [2.75, 3.05) is 6.54 Å². The summed E-state index contributed by atoms with van der Waals surface area (Å²) >= 11 is 3.38. The molecule has 0 aliphatic heterocycles. The Bertz CT molecular complexity index is 311. The van der Waals surface area contributed by atoms with Crippen molar-refractivity contribution >= 4 is 28.3 Å². The number of rotatable bonds is 4. The summed E-state index contributed by atoms with van der Waals surface area (Å²) in [4.78, 5) is 0. The van der Waals surface area contributed by atoms with Crippen LogP contribution in [0.4, 0.5) is 0 Å². The second-order valence-corrected chi connectivity index (χ2v) is 5.23. The van der Waals surface area contributed by atoms with Crippen LogP contribution in [-0.2, 0) is 5.60 Å². The Labute approximate surface area is 112 Å². The topological polar surface area (TPSA) is 32.3 Å². The van der Waals surface area contributed by atoms with Crippen LogP contribution in [0.2, 0.25) is 0 Å². The van der Waals surface area contributed by atoms with Gasteiger partial charge in [-0.1, -0.05) is 41.9 Å². The molecule has 1 aromatic carbocycles. The van der Waals surface area contributed by atoms with Crippen molar-refractivity contribution in [2.24, 2.45) is 0 Å². The fraction of sp³-hybridized carbons (Fsp3) is 0.500. The summed E-state index contributed by atoms with van der Waals surface area (Å²) in [6, 6.07) is 8.14. The molecule has 1 unspecified atom stereocenters. The molecule has 0 aliphatic rings. The maximum Gasteiger partial charge on any atom is 0.0992 e. The van der Waals surface area contributed by atoms with E-state index in [0.29, 0.717) is 12.6 Å². The minimum Gasteiger partial charge on any atom is -0.384 e. The van der Waals surface area contributed by atoms with Crippen molar-refractivity contribution < 1.29 is 5.11 Å². The van der Waals surface area contributed by atoms with Crippen LogP contribution in [0.25, 0.3) is 0 Å². The molecule has 0 bridgehead atoms. The molecule has 0 aromatic heterocycles. The van der Waals surface area contributed by atoms with E-state index in [9.17, 15) is 5.11 Å². The molecule has 16 heavy (non-hydrogen) atoms. The van der Waals surface area contributed by atoms with Crippen LogP contribution in [0.3, 0.4) is 0 Å². The van der Waals surface area contributed by atoms with E-state index >= 15 is 0 Å². The van der Waals surface area contributed by atoms with Gasteiger partial charge in [-0.3, -0.25) is 0 Å². The van der Waals surface area contributed by atoms with Crippen LogP contribution < -0.4 is 5.32 Å². The molecule has 4 heteroatoms. The zero-order valence-electron chi connectivity index (χ0n) is 9.83. The van der Waals surface area contributed by atoms with Crippen molar-refractivity contribution in [1.29, 1.82) is 0 Å². The second kappa shape index (κ2) is 6.60. The van der Waals surface area contributed by atoms with E-state index in [2.05, 4.69) is 35.1 Å². The molecule has 0 saturated carbocycles. The average molecular weight is 309 g/mol. The van der Waals surface area contributed by atoms with Gasteiger partial charge in [0.05, 0.1) is 5.60 Å². The average Bonchev–Trinajstić information content (AvgIpc) is 2.16. The van der Waals surface area contributed by atoms with Gasteiger partial charge in [0, 0.05) is 17.1 Å². The Kier molecular flexibility index (Phi) is 6.56. The molecule has 2 N–H and O–H groups in total. The molecule has 0 saturated heterocycles. The summed E-state index contributed by atoms with van der Waals surface area (Å²) in [5, 5.41) is 13.5. The molecule has 1 rings (SSSR count). The van der Waals surface area contributed by atoms with Crippen LogP contribution in [0.15, 0.2) is 28.7 Å². The molecule has 2 nitrogen and oxygen atoms in total. The van der Waals surface area contributed by atoms with Crippen LogP contribution in [0, 0.1) is 0 Å². The molecule has 0 aliphatic carbocycles.